The Hall–Kier alpha value is -1.06. The molecule has 1 amide bonds. The number of rotatable bonds is 5. The van der Waals surface area contributed by atoms with E-state index in [1.54, 1.807) is 0 Å². The second-order valence-corrected chi connectivity index (χ2v) is 4.80. The minimum Gasteiger partial charge on any atom is -0.354 e. The highest BCUT2D eigenvalue weighted by Gasteiger charge is 2.16. The fraction of sp³-hybridized carbons (Fsp3) is 0.500. The van der Waals surface area contributed by atoms with E-state index in [9.17, 15) is 4.79 Å². The van der Waals surface area contributed by atoms with E-state index in [4.69, 9.17) is 5.73 Å². The topological polar surface area (TPSA) is 55.1 Å². The molecule has 0 aliphatic heterocycles. The van der Waals surface area contributed by atoms with Gasteiger partial charge in [-0.3, -0.25) is 4.79 Å². The Kier molecular flexibility index (Phi) is 7.64. The van der Waals surface area contributed by atoms with E-state index < -0.39 is 6.04 Å². The largest absolute Gasteiger partial charge is 0.354 e. The summed E-state index contributed by atoms with van der Waals surface area (Å²) in [6, 6.07) is 7.90. The lowest BCUT2D eigenvalue weighted by Gasteiger charge is -2.15. The summed E-state index contributed by atoms with van der Waals surface area (Å²) in [5.74, 6) is 0.113. The van der Waals surface area contributed by atoms with Crippen LogP contribution in [0, 0.1) is 12.8 Å². The molecule has 4 heteroatoms. The maximum absolute atomic E-state index is 11.6. The lowest BCUT2D eigenvalue weighted by molar-refractivity contribution is -0.123. The Morgan fingerprint density at radius 1 is 1.39 bits per heavy atom. The van der Waals surface area contributed by atoms with E-state index in [2.05, 4.69) is 30.4 Å². The summed E-state index contributed by atoms with van der Waals surface area (Å²) in [7, 11) is 0. The van der Waals surface area contributed by atoms with Crippen molar-refractivity contribution < 1.29 is 4.79 Å². The van der Waals surface area contributed by atoms with Crippen LogP contribution in [0.25, 0.3) is 0 Å². The van der Waals surface area contributed by atoms with Gasteiger partial charge in [0.2, 0.25) is 5.91 Å². The second-order valence-electron chi connectivity index (χ2n) is 4.80. The molecule has 0 saturated heterocycles. The highest BCUT2D eigenvalue weighted by atomic mass is 35.5. The maximum atomic E-state index is 11.6. The van der Waals surface area contributed by atoms with Gasteiger partial charge in [-0.2, -0.15) is 0 Å². The number of nitrogens with one attached hydrogen (secondary N) is 1. The van der Waals surface area contributed by atoms with Crippen LogP contribution in [0.1, 0.15) is 25.0 Å². The van der Waals surface area contributed by atoms with Crippen molar-refractivity contribution in [3.63, 3.8) is 0 Å². The van der Waals surface area contributed by atoms with Gasteiger partial charge in [0.05, 0.1) is 6.04 Å². The molecule has 18 heavy (non-hydrogen) atoms. The number of carbonyl (C=O) groups is 1. The normalized spacial score (nSPS) is 11.8. The summed E-state index contributed by atoms with van der Waals surface area (Å²) < 4.78 is 0. The fourth-order valence-electron chi connectivity index (χ4n) is 1.62. The van der Waals surface area contributed by atoms with Crippen molar-refractivity contribution in [3.8, 4) is 0 Å². The van der Waals surface area contributed by atoms with E-state index in [1.807, 2.05) is 19.9 Å². The summed E-state index contributed by atoms with van der Waals surface area (Å²) in [6.45, 7) is 6.61. The van der Waals surface area contributed by atoms with Gasteiger partial charge in [-0.05, 0) is 24.8 Å². The SMILES string of the molecule is Cc1cccc(CCNC(=O)[C@H](N)C(C)C)c1.Cl. The van der Waals surface area contributed by atoms with Crippen molar-refractivity contribution in [3.05, 3.63) is 35.4 Å². The van der Waals surface area contributed by atoms with Crippen LogP contribution in [0.15, 0.2) is 24.3 Å². The number of amides is 1. The molecule has 0 bridgehead atoms. The predicted octanol–water partition coefficient (Wildman–Crippen LogP) is 2.06. The minimum atomic E-state index is -0.410. The first-order valence-corrected chi connectivity index (χ1v) is 6.09. The summed E-state index contributed by atoms with van der Waals surface area (Å²) in [4.78, 5) is 11.6. The standard InChI is InChI=1S/C14H22N2O.ClH/c1-10(2)13(15)14(17)16-8-7-12-6-4-5-11(3)9-12;/h4-6,9-10,13H,7-8,15H2,1-3H3,(H,16,17);1H/t13-;/m1./s1. The first kappa shape index (κ1) is 16.9. The molecule has 3 N–H and O–H groups in total. The average Bonchev–Trinajstić information content (AvgIpc) is 2.27. The Balaban J connectivity index is 0.00000289. The van der Waals surface area contributed by atoms with Gasteiger partial charge >= 0.3 is 0 Å². The molecule has 0 aliphatic carbocycles. The van der Waals surface area contributed by atoms with Crippen LogP contribution in [-0.2, 0) is 11.2 Å². The van der Waals surface area contributed by atoms with Gasteiger partial charge in [0.15, 0.2) is 0 Å². The molecular weight excluding hydrogens is 248 g/mol. The quantitative estimate of drug-likeness (QED) is 0.861. The Morgan fingerprint density at radius 2 is 2.06 bits per heavy atom. The van der Waals surface area contributed by atoms with Gasteiger partial charge in [-0.25, -0.2) is 0 Å². The molecule has 0 unspecified atom stereocenters. The molecule has 1 rings (SSSR count). The average molecular weight is 271 g/mol. The first-order valence-electron chi connectivity index (χ1n) is 6.09. The van der Waals surface area contributed by atoms with Gasteiger partial charge in [0, 0.05) is 6.54 Å². The number of hydrogen-bond donors (Lipinski definition) is 2. The van der Waals surface area contributed by atoms with Crippen LogP contribution in [0.3, 0.4) is 0 Å². The predicted molar refractivity (Wildman–Crippen MR) is 78.0 cm³/mol. The first-order chi connectivity index (χ1) is 8.00. The van der Waals surface area contributed by atoms with Crippen molar-refractivity contribution >= 4 is 18.3 Å². The Bertz CT molecular complexity index is 380. The number of aryl methyl sites for hydroxylation is 1. The zero-order valence-electron chi connectivity index (χ0n) is 11.3. The van der Waals surface area contributed by atoms with Crippen LogP contribution in [0.4, 0.5) is 0 Å². The van der Waals surface area contributed by atoms with Crippen LogP contribution in [0.2, 0.25) is 0 Å². The van der Waals surface area contributed by atoms with Gasteiger partial charge in [0.25, 0.3) is 0 Å². The monoisotopic (exact) mass is 270 g/mol. The molecule has 0 spiro atoms. The number of nitrogens with two attached hydrogens (primary N) is 1. The van der Waals surface area contributed by atoms with Crippen molar-refractivity contribution in [1.82, 2.24) is 5.32 Å². The van der Waals surface area contributed by atoms with Gasteiger partial charge in [0.1, 0.15) is 0 Å². The molecule has 102 valence electrons. The third-order valence-electron chi connectivity index (χ3n) is 2.82. The molecule has 0 heterocycles. The van der Waals surface area contributed by atoms with Crippen molar-refractivity contribution in [2.24, 2.45) is 11.7 Å². The van der Waals surface area contributed by atoms with Crippen molar-refractivity contribution in [1.29, 1.82) is 0 Å². The zero-order valence-corrected chi connectivity index (χ0v) is 12.1. The van der Waals surface area contributed by atoms with E-state index in [-0.39, 0.29) is 24.2 Å². The van der Waals surface area contributed by atoms with Crippen LogP contribution in [0.5, 0.6) is 0 Å². The van der Waals surface area contributed by atoms with E-state index in [0.29, 0.717) is 6.54 Å². The summed E-state index contributed by atoms with van der Waals surface area (Å²) in [5, 5.41) is 2.87. The summed E-state index contributed by atoms with van der Waals surface area (Å²) in [6.07, 6.45) is 0.845. The highest BCUT2D eigenvalue weighted by molar-refractivity contribution is 5.85. The molecular formula is C14H23ClN2O. The molecule has 0 radical (unpaired) electrons. The number of carbonyl (C=O) groups excluding carboxylic acids is 1. The molecule has 1 aromatic rings. The van der Waals surface area contributed by atoms with Gasteiger partial charge in [-0.1, -0.05) is 43.7 Å². The van der Waals surface area contributed by atoms with Gasteiger partial charge < -0.3 is 11.1 Å². The molecule has 0 aliphatic rings. The van der Waals surface area contributed by atoms with Crippen LogP contribution in [-0.4, -0.2) is 18.5 Å². The molecule has 0 saturated carbocycles. The fourth-order valence-corrected chi connectivity index (χ4v) is 1.62. The maximum Gasteiger partial charge on any atom is 0.237 e. The van der Waals surface area contributed by atoms with E-state index >= 15 is 0 Å². The number of hydrogen-bond acceptors (Lipinski definition) is 2. The molecule has 1 atom stereocenters. The van der Waals surface area contributed by atoms with Crippen molar-refractivity contribution in [2.75, 3.05) is 6.54 Å². The third kappa shape index (κ3) is 5.52. The zero-order chi connectivity index (χ0) is 12.8. The smallest absolute Gasteiger partial charge is 0.237 e. The lowest BCUT2D eigenvalue weighted by atomic mass is 10.0. The summed E-state index contributed by atoms with van der Waals surface area (Å²) in [5.41, 5.74) is 8.23. The lowest BCUT2D eigenvalue weighted by Crippen LogP contribution is -2.44. The van der Waals surface area contributed by atoms with Crippen LogP contribution >= 0.6 is 12.4 Å². The molecule has 3 nitrogen and oxygen atoms in total. The third-order valence-corrected chi connectivity index (χ3v) is 2.82. The Labute approximate surface area is 116 Å². The Morgan fingerprint density at radius 3 is 2.61 bits per heavy atom. The van der Waals surface area contributed by atoms with E-state index in [0.717, 1.165) is 6.42 Å². The number of halogens is 1. The molecule has 0 aromatic heterocycles. The van der Waals surface area contributed by atoms with Crippen molar-refractivity contribution in [2.45, 2.75) is 33.2 Å². The number of benzene rings is 1. The van der Waals surface area contributed by atoms with E-state index in [1.165, 1.54) is 11.1 Å². The molecule has 0 fully saturated rings. The minimum absolute atomic E-state index is 0. The summed E-state index contributed by atoms with van der Waals surface area (Å²) >= 11 is 0. The molecule has 1 aromatic carbocycles. The van der Waals surface area contributed by atoms with Crippen LogP contribution < -0.4 is 11.1 Å². The van der Waals surface area contributed by atoms with Gasteiger partial charge in [-0.15, -0.1) is 12.4 Å². The highest BCUT2D eigenvalue weighted by Crippen LogP contribution is 2.04. The second kappa shape index (κ2) is 8.11.